The molecule has 0 unspecified atom stereocenters. The molecule has 0 saturated heterocycles. The fraction of sp³-hybridized carbons (Fsp3) is 1.00. The Bertz CT molecular complexity index is 192. The van der Waals surface area contributed by atoms with E-state index in [4.69, 9.17) is 11.5 Å². The molecular weight excluding hydrogens is 208 g/mol. The molecule has 0 radical (unpaired) electrons. The second-order valence-corrected chi connectivity index (χ2v) is 4.76. The van der Waals surface area contributed by atoms with E-state index in [1.165, 1.54) is 6.42 Å². The highest BCUT2D eigenvalue weighted by Crippen LogP contribution is 2.27. The van der Waals surface area contributed by atoms with Crippen molar-refractivity contribution >= 4 is 0 Å². The number of nitrogens with two attached hydrogens (primary N) is 2. The lowest BCUT2D eigenvalue weighted by molar-refractivity contribution is -0.0723. The van der Waals surface area contributed by atoms with Gasteiger partial charge in [0, 0.05) is 12.6 Å². The van der Waals surface area contributed by atoms with Crippen LogP contribution >= 0.6 is 0 Å². The third-order valence-corrected chi connectivity index (χ3v) is 3.57. The summed E-state index contributed by atoms with van der Waals surface area (Å²) in [6.45, 7) is -0.0738. The van der Waals surface area contributed by atoms with E-state index < -0.39 is 24.4 Å². The summed E-state index contributed by atoms with van der Waals surface area (Å²) >= 11 is 0. The summed E-state index contributed by atoms with van der Waals surface area (Å²) in [6.07, 6.45) is 2.00. The van der Waals surface area contributed by atoms with Crippen LogP contribution in [-0.4, -0.2) is 46.2 Å². The monoisotopic (exact) mass is 232 g/mol. The highest BCUT2D eigenvalue weighted by molar-refractivity contribution is 4.88. The van der Waals surface area contributed by atoms with Crippen LogP contribution in [0.1, 0.15) is 32.1 Å². The molecular formula is C11H24N2O3. The molecule has 5 heteroatoms. The van der Waals surface area contributed by atoms with Crippen LogP contribution in [0.3, 0.4) is 0 Å². The van der Waals surface area contributed by atoms with Crippen LogP contribution in [0.2, 0.25) is 0 Å². The minimum Gasteiger partial charge on any atom is -0.389 e. The van der Waals surface area contributed by atoms with Gasteiger partial charge in [-0.25, -0.2) is 0 Å². The molecule has 0 aliphatic heterocycles. The van der Waals surface area contributed by atoms with Crippen LogP contribution in [0.25, 0.3) is 0 Å². The Morgan fingerprint density at radius 3 is 2.06 bits per heavy atom. The van der Waals surface area contributed by atoms with Crippen molar-refractivity contribution in [1.82, 2.24) is 0 Å². The minimum atomic E-state index is -1.25. The first-order chi connectivity index (χ1) is 7.57. The normalized spacial score (nSPS) is 26.1. The van der Waals surface area contributed by atoms with Gasteiger partial charge in [0.25, 0.3) is 0 Å². The van der Waals surface area contributed by atoms with Crippen LogP contribution in [0.15, 0.2) is 0 Å². The molecule has 7 N–H and O–H groups in total. The molecule has 16 heavy (non-hydrogen) atoms. The summed E-state index contributed by atoms with van der Waals surface area (Å²) < 4.78 is 0. The first-order valence-electron chi connectivity index (χ1n) is 6.07. The first kappa shape index (κ1) is 13.9. The lowest BCUT2D eigenvalue weighted by atomic mass is 9.80. The average Bonchev–Trinajstić information content (AvgIpc) is 2.36. The predicted octanol–water partition coefficient (Wildman–Crippen LogP) is -1.06. The number of aliphatic hydroxyl groups excluding tert-OH is 3. The smallest absolute Gasteiger partial charge is 0.108 e. The topological polar surface area (TPSA) is 113 Å². The van der Waals surface area contributed by atoms with Gasteiger partial charge in [0.2, 0.25) is 0 Å². The maximum atomic E-state index is 9.85. The minimum absolute atomic E-state index is 0.0738. The zero-order valence-corrected chi connectivity index (χ0v) is 9.63. The number of hydrogen-bond acceptors (Lipinski definition) is 5. The van der Waals surface area contributed by atoms with Gasteiger partial charge < -0.3 is 26.8 Å². The van der Waals surface area contributed by atoms with Crippen molar-refractivity contribution in [2.75, 3.05) is 6.54 Å². The van der Waals surface area contributed by atoms with Crippen molar-refractivity contribution in [1.29, 1.82) is 0 Å². The lowest BCUT2D eigenvalue weighted by Gasteiger charge is -2.33. The molecule has 0 spiro atoms. The molecule has 1 rings (SSSR count). The van der Waals surface area contributed by atoms with Crippen LogP contribution < -0.4 is 11.5 Å². The summed E-state index contributed by atoms with van der Waals surface area (Å²) in [5.41, 5.74) is 11.2. The molecule has 1 fully saturated rings. The summed E-state index contributed by atoms with van der Waals surface area (Å²) in [5, 5.41) is 28.8. The van der Waals surface area contributed by atoms with Crippen LogP contribution in [0.4, 0.5) is 0 Å². The van der Waals surface area contributed by atoms with Crippen molar-refractivity contribution in [2.24, 2.45) is 17.4 Å². The largest absolute Gasteiger partial charge is 0.389 e. The van der Waals surface area contributed by atoms with E-state index in [-0.39, 0.29) is 12.5 Å². The molecule has 5 nitrogen and oxygen atoms in total. The highest BCUT2D eigenvalue weighted by Gasteiger charge is 2.33. The van der Waals surface area contributed by atoms with Gasteiger partial charge in [0.05, 0.1) is 12.2 Å². The Hall–Kier alpha value is -0.200. The van der Waals surface area contributed by atoms with E-state index in [1.807, 2.05) is 0 Å². The second-order valence-electron chi connectivity index (χ2n) is 4.76. The van der Waals surface area contributed by atoms with Gasteiger partial charge >= 0.3 is 0 Å². The quantitative estimate of drug-likeness (QED) is 0.414. The van der Waals surface area contributed by atoms with Gasteiger partial charge in [-0.15, -0.1) is 0 Å². The molecule has 0 bridgehead atoms. The summed E-state index contributed by atoms with van der Waals surface area (Å²) in [7, 11) is 0. The number of hydrogen-bond donors (Lipinski definition) is 5. The van der Waals surface area contributed by atoms with Crippen molar-refractivity contribution in [3.63, 3.8) is 0 Å². The van der Waals surface area contributed by atoms with E-state index in [0.717, 1.165) is 25.7 Å². The fourth-order valence-electron chi connectivity index (χ4n) is 2.39. The van der Waals surface area contributed by atoms with E-state index >= 15 is 0 Å². The molecule has 1 saturated carbocycles. The molecule has 0 aromatic carbocycles. The zero-order valence-electron chi connectivity index (χ0n) is 9.63. The Morgan fingerprint density at radius 1 is 1.00 bits per heavy atom. The predicted molar refractivity (Wildman–Crippen MR) is 61.6 cm³/mol. The van der Waals surface area contributed by atoms with E-state index in [1.54, 1.807) is 0 Å². The second kappa shape index (κ2) is 6.51. The fourth-order valence-corrected chi connectivity index (χ4v) is 2.39. The van der Waals surface area contributed by atoms with E-state index in [0.29, 0.717) is 0 Å². The van der Waals surface area contributed by atoms with Crippen molar-refractivity contribution < 1.29 is 15.3 Å². The number of rotatable bonds is 5. The Morgan fingerprint density at radius 2 is 1.56 bits per heavy atom. The third-order valence-electron chi connectivity index (χ3n) is 3.57. The van der Waals surface area contributed by atoms with Gasteiger partial charge in [0.1, 0.15) is 6.10 Å². The van der Waals surface area contributed by atoms with Gasteiger partial charge in [-0.2, -0.15) is 0 Å². The van der Waals surface area contributed by atoms with Gasteiger partial charge in [-0.1, -0.05) is 19.3 Å². The van der Waals surface area contributed by atoms with Crippen LogP contribution in [0.5, 0.6) is 0 Å². The molecule has 0 amide bonds. The molecule has 1 aliphatic rings. The van der Waals surface area contributed by atoms with E-state index in [9.17, 15) is 15.3 Å². The Labute approximate surface area is 96.4 Å². The maximum Gasteiger partial charge on any atom is 0.108 e. The molecule has 0 heterocycles. The average molecular weight is 232 g/mol. The molecule has 4 atom stereocenters. The molecule has 0 aromatic heterocycles. The van der Waals surface area contributed by atoms with Crippen LogP contribution in [0, 0.1) is 5.92 Å². The zero-order chi connectivity index (χ0) is 12.1. The maximum absolute atomic E-state index is 9.85. The summed E-state index contributed by atoms with van der Waals surface area (Å²) in [4.78, 5) is 0. The highest BCUT2D eigenvalue weighted by atomic mass is 16.4. The van der Waals surface area contributed by atoms with Crippen molar-refractivity contribution in [3.8, 4) is 0 Å². The standard InChI is InChI=1S/C11H24N2O3/c12-6-8(14)10(15)11(16)9(13)7-4-2-1-3-5-7/h7-11,14-16H,1-6,12-13H2/t8-,9+,10+,11-/m1/s1. The molecule has 0 aromatic rings. The SMILES string of the molecule is NC[C@@H](O)[C@H](O)[C@H](O)[C@@H](N)C1CCCCC1. The molecule has 1 aliphatic carbocycles. The number of aliphatic hydroxyl groups is 3. The van der Waals surface area contributed by atoms with Crippen molar-refractivity contribution in [3.05, 3.63) is 0 Å². The Kier molecular flexibility index (Phi) is 5.64. The van der Waals surface area contributed by atoms with E-state index in [2.05, 4.69) is 0 Å². The lowest BCUT2D eigenvalue weighted by Crippen LogP contribution is -2.53. The van der Waals surface area contributed by atoms with Gasteiger partial charge in [-0.3, -0.25) is 0 Å². The summed E-state index contributed by atoms with van der Waals surface area (Å²) in [5.74, 6) is 0.239. The van der Waals surface area contributed by atoms with Gasteiger partial charge in [-0.05, 0) is 18.8 Å². The Balaban J connectivity index is 2.47. The first-order valence-corrected chi connectivity index (χ1v) is 6.07. The van der Waals surface area contributed by atoms with Crippen molar-refractivity contribution in [2.45, 2.75) is 56.5 Å². The van der Waals surface area contributed by atoms with Gasteiger partial charge in [0.15, 0.2) is 0 Å². The van der Waals surface area contributed by atoms with Crippen LogP contribution in [-0.2, 0) is 0 Å². The molecule has 96 valence electrons. The third kappa shape index (κ3) is 3.40. The summed E-state index contributed by atoms with van der Waals surface area (Å²) in [6, 6.07) is -0.475.